The summed E-state index contributed by atoms with van der Waals surface area (Å²) in [7, 11) is 0. The van der Waals surface area contributed by atoms with Crippen LogP contribution in [0, 0.1) is 0 Å². The van der Waals surface area contributed by atoms with E-state index in [9.17, 15) is 4.79 Å². The summed E-state index contributed by atoms with van der Waals surface area (Å²) in [6.45, 7) is 3.51. The number of amides is 1. The van der Waals surface area contributed by atoms with E-state index >= 15 is 0 Å². The second-order valence-corrected chi connectivity index (χ2v) is 6.02. The molecule has 0 spiro atoms. The van der Waals surface area contributed by atoms with Gasteiger partial charge in [0.15, 0.2) is 0 Å². The fraction of sp³-hybridized carbons (Fsp3) is 0.316. The van der Waals surface area contributed by atoms with E-state index in [0.29, 0.717) is 13.0 Å². The van der Waals surface area contributed by atoms with E-state index < -0.39 is 0 Å². The van der Waals surface area contributed by atoms with Gasteiger partial charge in [0.1, 0.15) is 0 Å². The minimum absolute atomic E-state index is 0.0372. The van der Waals surface area contributed by atoms with Crippen molar-refractivity contribution in [3.8, 4) is 0 Å². The van der Waals surface area contributed by atoms with Crippen LogP contribution in [0.4, 0.5) is 0 Å². The molecule has 2 rings (SSSR count). The SMILES string of the molecule is CC(NC(=O)CCNCCc1cccc(Cl)c1)c1ccccc1. The van der Waals surface area contributed by atoms with Crippen LogP contribution in [0.5, 0.6) is 0 Å². The average Bonchev–Trinajstić information content (AvgIpc) is 2.55. The number of hydrogen-bond acceptors (Lipinski definition) is 2. The molecule has 2 aromatic carbocycles. The minimum atomic E-state index is 0.0372. The predicted octanol–water partition coefficient (Wildman–Crippen LogP) is 3.74. The van der Waals surface area contributed by atoms with Gasteiger partial charge in [-0.1, -0.05) is 54.1 Å². The van der Waals surface area contributed by atoms with Crippen molar-refractivity contribution in [3.63, 3.8) is 0 Å². The number of benzene rings is 2. The smallest absolute Gasteiger partial charge is 0.221 e. The molecule has 0 saturated carbocycles. The van der Waals surface area contributed by atoms with Gasteiger partial charge in [-0.15, -0.1) is 0 Å². The Hall–Kier alpha value is -1.84. The lowest BCUT2D eigenvalue weighted by atomic mass is 10.1. The quantitative estimate of drug-likeness (QED) is 0.724. The molecule has 2 aromatic rings. The van der Waals surface area contributed by atoms with Gasteiger partial charge < -0.3 is 10.6 Å². The monoisotopic (exact) mass is 330 g/mol. The molecule has 0 aliphatic carbocycles. The molecule has 0 aliphatic rings. The highest BCUT2D eigenvalue weighted by Crippen LogP contribution is 2.11. The lowest BCUT2D eigenvalue weighted by molar-refractivity contribution is -0.121. The van der Waals surface area contributed by atoms with Crippen molar-refractivity contribution >= 4 is 17.5 Å². The third-order valence-corrected chi connectivity index (χ3v) is 3.92. The maximum atomic E-state index is 11.9. The average molecular weight is 331 g/mol. The van der Waals surface area contributed by atoms with Crippen LogP contribution in [0.3, 0.4) is 0 Å². The first-order chi connectivity index (χ1) is 11.1. The highest BCUT2D eigenvalue weighted by Gasteiger charge is 2.08. The molecule has 0 aliphatic heterocycles. The summed E-state index contributed by atoms with van der Waals surface area (Å²) < 4.78 is 0. The van der Waals surface area contributed by atoms with E-state index in [4.69, 9.17) is 11.6 Å². The molecule has 0 bridgehead atoms. The van der Waals surface area contributed by atoms with Crippen molar-refractivity contribution in [1.82, 2.24) is 10.6 Å². The first kappa shape index (κ1) is 17.5. The van der Waals surface area contributed by atoms with E-state index in [1.807, 2.05) is 55.5 Å². The Kier molecular flexibility index (Phi) is 7.11. The van der Waals surface area contributed by atoms with Crippen molar-refractivity contribution in [2.24, 2.45) is 0 Å². The molecule has 1 atom stereocenters. The van der Waals surface area contributed by atoms with Crippen LogP contribution in [0.25, 0.3) is 0 Å². The topological polar surface area (TPSA) is 41.1 Å². The van der Waals surface area contributed by atoms with Gasteiger partial charge >= 0.3 is 0 Å². The summed E-state index contributed by atoms with van der Waals surface area (Å²) in [5.41, 5.74) is 2.32. The fourth-order valence-electron chi connectivity index (χ4n) is 2.39. The second-order valence-electron chi connectivity index (χ2n) is 5.58. The van der Waals surface area contributed by atoms with Gasteiger partial charge in [0, 0.05) is 18.0 Å². The molecule has 0 heterocycles. The molecule has 1 unspecified atom stereocenters. The Labute approximate surface area is 143 Å². The Morgan fingerprint density at radius 3 is 2.61 bits per heavy atom. The van der Waals surface area contributed by atoms with Gasteiger partial charge in [-0.2, -0.15) is 0 Å². The first-order valence-corrected chi connectivity index (χ1v) is 8.32. The summed E-state index contributed by atoms with van der Waals surface area (Å²) in [6.07, 6.45) is 1.38. The van der Waals surface area contributed by atoms with Crippen LogP contribution in [-0.4, -0.2) is 19.0 Å². The summed E-state index contributed by atoms with van der Waals surface area (Å²) in [6, 6.07) is 17.9. The van der Waals surface area contributed by atoms with Gasteiger partial charge in [0.05, 0.1) is 6.04 Å². The molecule has 0 radical (unpaired) electrons. The van der Waals surface area contributed by atoms with E-state index in [1.165, 1.54) is 5.56 Å². The van der Waals surface area contributed by atoms with Gasteiger partial charge in [-0.25, -0.2) is 0 Å². The molecule has 0 saturated heterocycles. The van der Waals surface area contributed by atoms with E-state index in [0.717, 1.165) is 23.6 Å². The van der Waals surface area contributed by atoms with Crippen LogP contribution in [0.2, 0.25) is 5.02 Å². The predicted molar refractivity (Wildman–Crippen MR) is 95.6 cm³/mol. The van der Waals surface area contributed by atoms with Crippen LogP contribution in [-0.2, 0) is 11.2 Å². The van der Waals surface area contributed by atoms with Crippen LogP contribution in [0.15, 0.2) is 54.6 Å². The summed E-state index contributed by atoms with van der Waals surface area (Å²) in [5.74, 6) is 0.0663. The fourth-order valence-corrected chi connectivity index (χ4v) is 2.60. The third kappa shape index (κ3) is 6.43. The summed E-state index contributed by atoms with van der Waals surface area (Å²) in [4.78, 5) is 11.9. The maximum absolute atomic E-state index is 11.9. The Morgan fingerprint density at radius 1 is 1.09 bits per heavy atom. The third-order valence-electron chi connectivity index (χ3n) is 3.69. The first-order valence-electron chi connectivity index (χ1n) is 7.94. The van der Waals surface area contributed by atoms with Crippen molar-refractivity contribution in [2.75, 3.05) is 13.1 Å². The van der Waals surface area contributed by atoms with Gasteiger partial charge in [0.25, 0.3) is 0 Å². The number of carbonyl (C=O) groups excluding carboxylic acids is 1. The number of rotatable bonds is 8. The Morgan fingerprint density at radius 2 is 1.87 bits per heavy atom. The largest absolute Gasteiger partial charge is 0.350 e. The molecule has 0 fully saturated rings. The van der Waals surface area contributed by atoms with Crippen molar-refractivity contribution < 1.29 is 4.79 Å². The zero-order chi connectivity index (χ0) is 16.5. The van der Waals surface area contributed by atoms with Crippen LogP contribution < -0.4 is 10.6 Å². The van der Waals surface area contributed by atoms with Crippen molar-refractivity contribution in [1.29, 1.82) is 0 Å². The van der Waals surface area contributed by atoms with Gasteiger partial charge in [-0.3, -0.25) is 4.79 Å². The minimum Gasteiger partial charge on any atom is -0.350 e. The standard InChI is InChI=1S/C19H23ClN2O/c1-15(17-7-3-2-4-8-17)22-19(23)11-13-21-12-10-16-6-5-9-18(20)14-16/h2-9,14-15,21H,10-13H2,1H3,(H,22,23). The van der Waals surface area contributed by atoms with E-state index in [2.05, 4.69) is 16.7 Å². The number of carbonyl (C=O) groups is 1. The number of halogens is 1. The summed E-state index contributed by atoms with van der Waals surface area (Å²) >= 11 is 5.95. The van der Waals surface area contributed by atoms with Crippen molar-refractivity contribution in [2.45, 2.75) is 25.8 Å². The Balaban J connectivity index is 1.61. The lowest BCUT2D eigenvalue weighted by Crippen LogP contribution is -2.30. The lowest BCUT2D eigenvalue weighted by Gasteiger charge is -2.14. The molecule has 2 N–H and O–H groups in total. The zero-order valence-electron chi connectivity index (χ0n) is 13.4. The van der Waals surface area contributed by atoms with E-state index in [1.54, 1.807) is 0 Å². The number of hydrogen-bond donors (Lipinski definition) is 2. The molecule has 0 aromatic heterocycles. The molecular weight excluding hydrogens is 308 g/mol. The normalized spacial score (nSPS) is 11.9. The second kappa shape index (κ2) is 9.33. The van der Waals surface area contributed by atoms with Gasteiger partial charge in [0.2, 0.25) is 5.91 Å². The maximum Gasteiger partial charge on any atom is 0.221 e. The molecule has 122 valence electrons. The highest BCUT2D eigenvalue weighted by atomic mass is 35.5. The Bertz CT molecular complexity index is 616. The molecule has 3 nitrogen and oxygen atoms in total. The van der Waals surface area contributed by atoms with Crippen LogP contribution in [0.1, 0.15) is 30.5 Å². The van der Waals surface area contributed by atoms with Gasteiger partial charge in [-0.05, 0) is 43.1 Å². The molecule has 4 heteroatoms. The molecule has 1 amide bonds. The van der Waals surface area contributed by atoms with E-state index in [-0.39, 0.29) is 11.9 Å². The molecular formula is C19H23ClN2O. The highest BCUT2D eigenvalue weighted by molar-refractivity contribution is 6.30. The van der Waals surface area contributed by atoms with Crippen LogP contribution >= 0.6 is 11.6 Å². The zero-order valence-corrected chi connectivity index (χ0v) is 14.1. The molecule has 23 heavy (non-hydrogen) atoms. The summed E-state index contributed by atoms with van der Waals surface area (Å²) in [5, 5.41) is 7.07. The van der Waals surface area contributed by atoms with Crippen molar-refractivity contribution in [3.05, 3.63) is 70.7 Å². The number of nitrogens with one attached hydrogen (secondary N) is 2.